The number of hydrogen-bond donors (Lipinski definition) is 0. The molecule has 0 atom stereocenters. The number of ketones is 1. The zero-order valence-electron chi connectivity index (χ0n) is 23.2. The predicted octanol–water partition coefficient (Wildman–Crippen LogP) is 3.04. The van der Waals surface area contributed by atoms with E-state index < -0.39 is 5.69 Å². The monoisotopic (exact) mass is 548 g/mol. The molecule has 6 rings (SSSR count). The standard InChI is InChI=1S/C32H32N6O3/c1-34-30-28(31(40)35(2)32(34)41)38(22-33-30)20-23-12-14-24(15-13-23)29(39)27-11-7-6-8-25(27)21-36-16-18-37(19-17-36)26-9-4-3-5-10-26/h3-15,22H,16-21H2,1-2H3. The van der Waals surface area contributed by atoms with Gasteiger partial charge in [-0.15, -0.1) is 0 Å². The second kappa shape index (κ2) is 11.0. The Morgan fingerprint density at radius 2 is 1.46 bits per heavy atom. The second-order valence-electron chi connectivity index (χ2n) is 10.5. The highest BCUT2D eigenvalue weighted by Crippen LogP contribution is 2.21. The number of carbonyl (C=O) groups excluding carboxylic acids is 1. The van der Waals surface area contributed by atoms with Crippen LogP contribution < -0.4 is 16.1 Å². The lowest BCUT2D eigenvalue weighted by Gasteiger charge is -2.36. The highest BCUT2D eigenvalue weighted by molar-refractivity contribution is 6.09. The summed E-state index contributed by atoms with van der Waals surface area (Å²) < 4.78 is 4.19. The van der Waals surface area contributed by atoms with E-state index in [-0.39, 0.29) is 11.3 Å². The minimum Gasteiger partial charge on any atom is -0.369 e. The molecule has 0 unspecified atom stereocenters. The molecule has 9 heteroatoms. The van der Waals surface area contributed by atoms with E-state index in [9.17, 15) is 14.4 Å². The van der Waals surface area contributed by atoms with Gasteiger partial charge in [0, 0.05) is 70.2 Å². The summed E-state index contributed by atoms with van der Waals surface area (Å²) in [5, 5.41) is 0. The minimum atomic E-state index is -0.412. The molecular weight excluding hydrogens is 516 g/mol. The van der Waals surface area contributed by atoms with E-state index in [0.717, 1.165) is 54.0 Å². The fraction of sp³-hybridized carbons (Fsp3) is 0.250. The van der Waals surface area contributed by atoms with E-state index in [1.165, 1.54) is 17.3 Å². The smallest absolute Gasteiger partial charge is 0.332 e. The molecule has 1 aliphatic rings. The summed E-state index contributed by atoms with van der Waals surface area (Å²) in [6.45, 7) is 4.91. The number of hydrogen-bond acceptors (Lipinski definition) is 6. The van der Waals surface area contributed by atoms with Crippen LogP contribution in [0.15, 0.2) is 94.8 Å². The van der Waals surface area contributed by atoms with Gasteiger partial charge in [-0.2, -0.15) is 0 Å². The summed E-state index contributed by atoms with van der Waals surface area (Å²) >= 11 is 0. The van der Waals surface area contributed by atoms with Crippen LogP contribution in [-0.4, -0.2) is 55.5 Å². The van der Waals surface area contributed by atoms with Crippen LogP contribution in [0.25, 0.3) is 11.2 Å². The number of rotatable bonds is 7. The Balaban J connectivity index is 1.16. The van der Waals surface area contributed by atoms with Crippen LogP contribution in [0, 0.1) is 0 Å². The molecule has 0 radical (unpaired) electrons. The lowest BCUT2D eigenvalue weighted by molar-refractivity contribution is 0.103. The molecule has 0 saturated carbocycles. The average Bonchev–Trinajstić information content (AvgIpc) is 3.44. The third-order valence-electron chi connectivity index (χ3n) is 7.94. The maximum absolute atomic E-state index is 13.6. The lowest BCUT2D eigenvalue weighted by atomic mass is 9.97. The van der Waals surface area contributed by atoms with Gasteiger partial charge < -0.3 is 9.47 Å². The zero-order valence-corrected chi connectivity index (χ0v) is 23.2. The fourth-order valence-corrected chi connectivity index (χ4v) is 5.55. The Morgan fingerprint density at radius 3 is 2.20 bits per heavy atom. The van der Waals surface area contributed by atoms with Crippen molar-refractivity contribution in [2.75, 3.05) is 31.1 Å². The number of benzene rings is 3. The topological polar surface area (TPSA) is 85.4 Å². The largest absolute Gasteiger partial charge is 0.369 e. The Bertz CT molecular complexity index is 1830. The van der Waals surface area contributed by atoms with Crippen LogP contribution >= 0.6 is 0 Å². The molecule has 2 aromatic heterocycles. The number of aryl methyl sites for hydroxylation is 1. The molecule has 1 fully saturated rings. The first kappa shape index (κ1) is 26.5. The average molecular weight is 549 g/mol. The number of piperazine rings is 1. The van der Waals surface area contributed by atoms with Crippen molar-refractivity contribution in [3.05, 3.63) is 128 Å². The number of para-hydroxylation sites is 1. The molecule has 3 heterocycles. The number of aromatic nitrogens is 4. The Labute approximate surface area is 237 Å². The molecule has 0 spiro atoms. The predicted molar refractivity (Wildman–Crippen MR) is 160 cm³/mol. The van der Waals surface area contributed by atoms with Crippen LogP contribution in [0.1, 0.15) is 27.0 Å². The fourth-order valence-electron chi connectivity index (χ4n) is 5.55. The normalized spacial score (nSPS) is 14.0. The second-order valence-corrected chi connectivity index (χ2v) is 10.5. The van der Waals surface area contributed by atoms with Gasteiger partial charge >= 0.3 is 5.69 Å². The highest BCUT2D eigenvalue weighted by Gasteiger charge is 2.20. The van der Waals surface area contributed by atoms with E-state index in [0.29, 0.717) is 23.3 Å². The molecule has 208 valence electrons. The van der Waals surface area contributed by atoms with Crippen LogP contribution in [0.4, 0.5) is 5.69 Å². The van der Waals surface area contributed by atoms with Crippen molar-refractivity contribution in [1.82, 2.24) is 23.6 Å². The van der Waals surface area contributed by atoms with E-state index in [1.54, 1.807) is 17.9 Å². The Hall–Kier alpha value is -4.76. The highest BCUT2D eigenvalue weighted by atomic mass is 16.2. The lowest BCUT2D eigenvalue weighted by Crippen LogP contribution is -2.46. The first-order chi connectivity index (χ1) is 19.9. The molecule has 9 nitrogen and oxygen atoms in total. The molecule has 3 aromatic carbocycles. The van der Waals surface area contributed by atoms with E-state index in [4.69, 9.17) is 0 Å². The van der Waals surface area contributed by atoms with Crippen LogP contribution in [0.2, 0.25) is 0 Å². The van der Waals surface area contributed by atoms with Crippen molar-refractivity contribution in [2.45, 2.75) is 13.1 Å². The maximum atomic E-state index is 13.6. The number of anilines is 1. The number of nitrogens with zero attached hydrogens (tertiary/aromatic N) is 6. The quantitative estimate of drug-likeness (QED) is 0.291. The van der Waals surface area contributed by atoms with Gasteiger partial charge in [-0.3, -0.25) is 23.6 Å². The van der Waals surface area contributed by atoms with Crippen LogP contribution in [0.5, 0.6) is 0 Å². The van der Waals surface area contributed by atoms with E-state index in [1.807, 2.05) is 54.6 Å². The molecular formula is C32H32N6O3. The van der Waals surface area contributed by atoms with Crippen molar-refractivity contribution < 1.29 is 4.79 Å². The maximum Gasteiger partial charge on any atom is 0.332 e. The van der Waals surface area contributed by atoms with Gasteiger partial charge in [-0.05, 0) is 23.3 Å². The minimum absolute atomic E-state index is 0.00739. The first-order valence-electron chi connectivity index (χ1n) is 13.8. The summed E-state index contributed by atoms with van der Waals surface area (Å²) in [4.78, 5) is 47.7. The van der Waals surface area contributed by atoms with Gasteiger partial charge in [0.1, 0.15) is 0 Å². The van der Waals surface area contributed by atoms with Crippen molar-refractivity contribution in [1.29, 1.82) is 0 Å². The SMILES string of the molecule is Cn1c(=O)c2c(ncn2Cc2ccc(C(=O)c3ccccc3CN3CCN(c4ccccc4)CC3)cc2)n(C)c1=O. The third-order valence-corrected chi connectivity index (χ3v) is 7.94. The van der Waals surface area contributed by atoms with Crippen molar-refractivity contribution in [3.8, 4) is 0 Å². The number of carbonyl (C=O) groups is 1. The zero-order chi connectivity index (χ0) is 28.5. The Kier molecular flexibility index (Phi) is 7.11. The summed E-state index contributed by atoms with van der Waals surface area (Å²) in [5.74, 6) is -0.00739. The Morgan fingerprint density at radius 1 is 0.780 bits per heavy atom. The van der Waals surface area contributed by atoms with Crippen LogP contribution in [-0.2, 0) is 27.2 Å². The number of imidazole rings is 1. The van der Waals surface area contributed by atoms with Crippen molar-refractivity contribution in [2.24, 2.45) is 14.1 Å². The van der Waals surface area contributed by atoms with Crippen molar-refractivity contribution >= 4 is 22.6 Å². The van der Waals surface area contributed by atoms with E-state index in [2.05, 4.69) is 39.0 Å². The molecule has 0 amide bonds. The van der Waals surface area contributed by atoms with Crippen LogP contribution in [0.3, 0.4) is 0 Å². The molecule has 1 saturated heterocycles. The summed E-state index contributed by atoms with van der Waals surface area (Å²) in [7, 11) is 3.06. The molecule has 0 aliphatic carbocycles. The molecule has 5 aromatic rings. The third kappa shape index (κ3) is 5.12. The van der Waals surface area contributed by atoms with E-state index >= 15 is 0 Å². The summed E-state index contributed by atoms with van der Waals surface area (Å²) in [6.07, 6.45) is 1.57. The first-order valence-corrected chi connectivity index (χ1v) is 13.8. The molecule has 0 N–H and O–H groups in total. The van der Waals surface area contributed by atoms with Gasteiger partial charge in [-0.1, -0.05) is 66.7 Å². The van der Waals surface area contributed by atoms with Gasteiger partial charge in [-0.25, -0.2) is 9.78 Å². The van der Waals surface area contributed by atoms with Gasteiger partial charge in [0.2, 0.25) is 0 Å². The molecule has 0 bridgehead atoms. The van der Waals surface area contributed by atoms with Gasteiger partial charge in [0.25, 0.3) is 5.56 Å². The summed E-state index contributed by atoms with van der Waals surface area (Å²) in [5.41, 5.74) is 4.45. The number of fused-ring (bicyclic) bond motifs is 1. The molecule has 1 aliphatic heterocycles. The van der Waals surface area contributed by atoms with Crippen molar-refractivity contribution in [3.63, 3.8) is 0 Å². The van der Waals surface area contributed by atoms with Gasteiger partial charge in [0.05, 0.1) is 6.33 Å². The summed E-state index contributed by atoms with van der Waals surface area (Å²) in [6, 6.07) is 25.8. The van der Waals surface area contributed by atoms with Gasteiger partial charge in [0.15, 0.2) is 16.9 Å². The molecule has 41 heavy (non-hydrogen) atoms.